The number of methoxy groups -OCH3 is 2. The first-order chi connectivity index (χ1) is 7.87. The van der Waals surface area contributed by atoms with Gasteiger partial charge in [0, 0.05) is 19.6 Å². The van der Waals surface area contributed by atoms with Crippen LogP contribution in [0.25, 0.3) is 0 Å². The van der Waals surface area contributed by atoms with E-state index in [4.69, 9.17) is 15.2 Å². The molecule has 1 aliphatic carbocycles. The van der Waals surface area contributed by atoms with Gasteiger partial charge in [0.05, 0.1) is 12.1 Å². The predicted molar refractivity (Wildman–Crippen MR) is 58.2 cm³/mol. The zero-order valence-electron chi connectivity index (χ0n) is 10.2. The molecule has 0 aromatic heterocycles. The van der Waals surface area contributed by atoms with Gasteiger partial charge in [0.2, 0.25) is 0 Å². The SMILES string of the molecule is COC1(OC)N=C(N)[C@]2(C#N)C(C)(C)[C@@]12C#N. The maximum absolute atomic E-state index is 9.52. The third kappa shape index (κ3) is 0.717. The van der Waals surface area contributed by atoms with Crippen molar-refractivity contribution in [3.05, 3.63) is 0 Å². The molecule has 0 aromatic carbocycles. The Balaban J connectivity index is 2.76. The molecule has 0 spiro atoms. The summed E-state index contributed by atoms with van der Waals surface area (Å²) in [4.78, 5) is 4.07. The van der Waals surface area contributed by atoms with E-state index in [0.29, 0.717) is 0 Å². The number of nitrogens with zero attached hydrogens (tertiary/aromatic N) is 3. The van der Waals surface area contributed by atoms with Crippen molar-refractivity contribution in [3.63, 3.8) is 0 Å². The van der Waals surface area contributed by atoms with Crippen LogP contribution in [0.5, 0.6) is 0 Å². The summed E-state index contributed by atoms with van der Waals surface area (Å²) in [6.07, 6.45) is 0. The van der Waals surface area contributed by atoms with Crippen LogP contribution in [-0.2, 0) is 9.47 Å². The Bertz CT molecular complexity index is 495. The maximum Gasteiger partial charge on any atom is 0.292 e. The summed E-state index contributed by atoms with van der Waals surface area (Å²) in [5, 5.41) is 18.9. The maximum atomic E-state index is 9.52. The zero-order chi connectivity index (χ0) is 13.1. The van der Waals surface area contributed by atoms with Crippen molar-refractivity contribution < 1.29 is 9.47 Å². The van der Waals surface area contributed by atoms with Crippen LogP contribution in [0.2, 0.25) is 0 Å². The van der Waals surface area contributed by atoms with E-state index >= 15 is 0 Å². The smallest absolute Gasteiger partial charge is 0.292 e. The van der Waals surface area contributed by atoms with Crippen molar-refractivity contribution in [1.82, 2.24) is 0 Å². The molecule has 90 valence electrons. The Hall–Kier alpha value is -1.63. The first-order valence-electron chi connectivity index (χ1n) is 5.16. The fraction of sp³-hybridized carbons (Fsp3) is 0.727. The Kier molecular flexibility index (Phi) is 1.94. The molecule has 0 aromatic rings. The van der Waals surface area contributed by atoms with E-state index in [1.54, 1.807) is 13.8 Å². The van der Waals surface area contributed by atoms with Gasteiger partial charge in [-0.2, -0.15) is 10.5 Å². The highest BCUT2D eigenvalue weighted by Crippen LogP contribution is 2.84. The van der Waals surface area contributed by atoms with E-state index in [0.717, 1.165) is 0 Å². The lowest BCUT2D eigenvalue weighted by Gasteiger charge is -2.30. The van der Waals surface area contributed by atoms with Gasteiger partial charge in [-0.05, 0) is 0 Å². The Morgan fingerprint density at radius 2 is 1.71 bits per heavy atom. The van der Waals surface area contributed by atoms with Crippen LogP contribution in [-0.4, -0.2) is 26.0 Å². The molecule has 0 radical (unpaired) electrons. The molecule has 2 rings (SSSR count). The van der Waals surface area contributed by atoms with Gasteiger partial charge in [0.1, 0.15) is 11.3 Å². The van der Waals surface area contributed by atoms with Crippen molar-refractivity contribution in [2.24, 2.45) is 27.0 Å². The van der Waals surface area contributed by atoms with Crippen molar-refractivity contribution in [2.75, 3.05) is 14.2 Å². The number of amidine groups is 1. The molecule has 2 N–H and O–H groups in total. The summed E-state index contributed by atoms with van der Waals surface area (Å²) < 4.78 is 10.5. The Morgan fingerprint density at radius 3 is 2.00 bits per heavy atom. The highest BCUT2D eigenvalue weighted by molar-refractivity contribution is 5.99. The lowest BCUT2D eigenvalue weighted by Crippen LogP contribution is -2.43. The Morgan fingerprint density at radius 1 is 1.18 bits per heavy atom. The number of nitriles is 2. The van der Waals surface area contributed by atoms with Crippen molar-refractivity contribution in [1.29, 1.82) is 10.5 Å². The minimum atomic E-state index is -1.49. The van der Waals surface area contributed by atoms with Crippen molar-refractivity contribution in [3.8, 4) is 12.1 Å². The van der Waals surface area contributed by atoms with Crippen LogP contribution >= 0.6 is 0 Å². The summed E-state index contributed by atoms with van der Waals surface area (Å²) in [5.41, 5.74) is 2.84. The molecule has 17 heavy (non-hydrogen) atoms. The van der Waals surface area contributed by atoms with Gasteiger partial charge >= 0.3 is 0 Å². The first kappa shape index (κ1) is 11.8. The zero-order valence-corrected chi connectivity index (χ0v) is 10.2. The lowest BCUT2D eigenvalue weighted by molar-refractivity contribution is -0.235. The second kappa shape index (κ2) is 2.79. The molecule has 1 saturated carbocycles. The van der Waals surface area contributed by atoms with Gasteiger partial charge in [-0.25, -0.2) is 4.99 Å². The van der Waals surface area contributed by atoms with E-state index in [2.05, 4.69) is 17.1 Å². The van der Waals surface area contributed by atoms with Crippen LogP contribution in [0.3, 0.4) is 0 Å². The van der Waals surface area contributed by atoms with Gasteiger partial charge in [-0.1, -0.05) is 13.8 Å². The highest BCUT2D eigenvalue weighted by atomic mass is 16.7. The van der Waals surface area contributed by atoms with Crippen LogP contribution in [0.15, 0.2) is 4.99 Å². The molecule has 0 amide bonds. The largest absolute Gasteiger partial charge is 0.386 e. The van der Waals surface area contributed by atoms with Gasteiger partial charge in [-0.3, -0.25) is 0 Å². The minimum absolute atomic E-state index is 0.107. The summed E-state index contributed by atoms with van der Waals surface area (Å²) in [7, 11) is 2.78. The van der Waals surface area contributed by atoms with E-state index < -0.39 is 22.2 Å². The molecule has 2 aliphatic rings. The van der Waals surface area contributed by atoms with E-state index in [1.165, 1.54) is 14.2 Å². The lowest BCUT2D eigenvalue weighted by atomic mass is 9.93. The van der Waals surface area contributed by atoms with Crippen LogP contribution in [0, 0.1) is 38.9 Å². The molecule has 6 heteroatoms. The summed E-state index contributed by atoms with van der Waals surface area (Å²) in [6, 6.07) is 4.28. The van der Waals surface area contributed by atoms with Crippen molar-refractivity contribution >= 4 is 5.84 Å². The number of rotatable bonds is 2. The molecular weight excluding hydrogens is 220 g/mol. The quantitative estimate of drug-likeness (QED) is 0.695. The van der Waals surface area contributed by atoms with Crippen LogP contribution in [0.4, 0.5) is 0 Å². The number of ether oxygens (including phenoxy) is 2. The highest BCUT2D eigenvalue weighted by Gasteiger charge is 2.97. The van der Waals surface area contributed by atoms with E-state index in [1.807, 2.05) is 0 Å². The number of nitrogens with two attached hydrogens (primary N) is 1. The van der Waals surface area contributed by atoms with E-state index in [-0.39, 0.29) is 5.84 Å². The van der Waals surface area contributed by atoms with Crippen molar-refractivity contribution in [2.45, 2.75) is 19.8 Å². The number of hydrogen-bond donors (Lipinski definition) is 1. The summed E-state index contributed by atoms with van der Waals surface area (Å²) in [6.45, 7) is 3.60. The average Bonchev–Trinajstić information content (AvgIpc) is 2.65. The fourth-order valence-corrected chi connectivity index (χ4v) is 3.40. The Labute approximate surface area is 99.6 Å². The van der Waals surface area contributed by atoms with Gasteiger partial charge in [-0.15, -0.1) is 0 Å². The van der Waals surface area contributed by atoms with Gasteiger partial charge in [0.15, 0.2) is 5.41 Å². The molecule has 1 heterocycles. The normalized spacial score (nSPS) is 39.8. The molecule has 1 fully saturated rings. The first-order valence-corrected chi connectivity index (χ1v) is 5.16. The molecule has 6 nitrogen and oxygen atoms in total. The second-order valence-corrected chi connectivity index (χ2v) is 4.84. The molecule has 2 atom stereocenters. The second-order valence-electron chi connectivity index (χ2n) is 4.84. The molecular formula is C11H14N4O2. The topological polar surface area (TPSA) is 104 Å². The van der Waals surface area contributed by atoms with Crippen LogP contribution in [0.1, 0.15) is 13.8 Å². The molecule has 0 unspecified atom stereocenters. The number of fused-ring (bicyclic) bond motifs is 1. The monoisotopic (exact) mass is 234 g/mol. The van der Waals surface area contributed by atoms with Gasteiger partial charge < -0.3 is 15.2 Å². The average molecular weight is 234 g/mol. The molecule has 0 saturated heterocycles. The van der Waals surface area contributed by atoms with Gasteiger partial charge in [0.25, 0.3) is 5.91 Å². The molecule has 1 aliphatic heterocycles. The summed E-state index contributed by atoms with van der Waals surface area (Å²) >= 11 is 0. The molecule has 0 bridgehead atoms. The number of aliphatic imine (C=N–C) groups is 1. The minimum Gasteiger partial charge on any atom is -0.386 e. The van der Waals surface area contributed by atoms with Crippen LogP contribution < -0.4 is 5.73 Å². The standard InChI is InChI=1S/C11H14N4O2/c1-8(2)9(5-12)7(14)15-11(16-3,17-4)10(8,9)6-13/h1-4H3,(H2,14,15)/t9-,10-/m1/s1. The third-order valence-corrected chi connectivity index (χ3v) is 4.39. The predicted octanol–water partition coefficient (Wildman–Crippen LogP) is 0.364. The van der Waals surface area contributed by atoms with E-state index in [9.17, 15) is 10.5 Å². The summed E-state index contributed by atoms with van der Waals surface area (Å²) in [5.74, 6) is -1.39. The third-order valence-electron chi connectivity index (χ3n) is 4.39. The number of hydrogen-bond acceptors (Lipinski definition) is 6. The fourth-order valence-electron chi connectivity index (χ4n) is 3.40.